The monoisotopic (exact) mass is 208 g/mol. The first-order valence-corrected chi connectivity index (χ1v) is 5.26. The molecule has 1 aliphatic heterocycles. The summed E-state index contributed by atoms with van der Waals surface area (Å²) in [4.78, 5) is 0. The molecule has 1 N–H and O–H groups in total. The van der Waals surface area contributed by atoms with Crippen LogP contribution in [0, 0.1) is 5.92 Å². The van der Waals surface area contributed by atoms with E-state index in [0.29, 0.717) is 19.4 Å². The Balaban J connectivity index is 2.87. The Bertz CT molecular complexity index is 258. The van der Waals surface area contributed by atoms with Crippen molar-refractivity contribution in [1.82, 2.24) is 0 Å². The average molecular weight is 208 g/mol. The van der Waals surface area contributed by atoms with Crippen molar-refractivity contribution in [3.05, 3.63) is 37.5 Å². The number of aliphatic hydroxyl groups is 1. The number of hydrogen-bond donors (Lipinski definition) is 1. The van der Waals surface area contributed by atoms with Gasteiger partial charge in [0.25, 0.3) is 0 Å². The van der Waals surface area contributed by atoms with E-state index in [0.717, 1.165) is 5.57 Å². The molecule has 2 nitrogen and oxygen atoms in total. The average Bonchev–Trinajstić information content (AvgIpc) is 2.46. The Morgan fingerprint density at radius 2 is 2.00 bits per heavy atom. The lowest BCUT2D eigenvalue weighted by molar-refractivity contribution is -0.0544. The molecule has 1 heterocycles. The highest BCUT2D eigenvalue weighted by molar-refractivity contribution is 5.12. The molecule has 0 amide bonds. The minimum atomic E-state index is -0.535. The van der Waals surface area contributed by atoms with Crippen LogP contribution in [0.2, 0.25) is 0 Å². The third kappa shape index (κ3) is 2.21. The zero-order valence-corrected chi connectivity index (χ0v) is 9.41. The molecule has 1 aliphatic rings. The van der Waals surface area contributed by atoms with Crippen molar-refractivity contribution in [2.45, 2.75) is 31.5 Å². The summed E-state index contributed by atoms with van der Waals surface area (Å²) in [7, 11) is 0. The molecule has 15 heavy (non-hydrogen) atoms. The second kappa shape index (κ2) is 4.77. The molecule has 0 aromatic carbocycles. The molecule has 1 fully saturated rings. The van der Waals surface area contributed by atoms with E-state index in [9.17, 15) is 5.11 Å². The molecule has 84 valence electrons. The van der Waals surface area contributed by atoms with Crippen LogP contribution >= 0.6 is 0 Å². The van der Waals surface area contributed by atoms with Crippen LogP contribution in [0.4, 0.5) is 0 Å². The van der Waals surface area contributed by atoms with Gasteiger partial charge in [-0.3, -0.25) is 0 Å². The Morgan fingerprint density at radius 3 is 2.33 bits per heavy atom. The number of rotatable bonds is 5. The second-order valence-electron chi connectivity index (χ2n) is 4.26. The molecule has 0 unspecified atom stereocenters. The molecule has 0 spiro atoms. The van der Waals surface area contributed by atoms with Crippen LogP contribution in [0.15, 0.2) is 37.5 Å². The molecule has 0 radical (unpaired) electrons. The highest BCUT2D eigenvalue weighted by Gasteiger charge is 2.47. The summed E-state index contributed by atoms with van der Waals surface area (Å²) in [6, 6.07) is 0. The van der Waals surface area contributed by atoms with Crippen LogP contribution < -0.4 is 0 Å². The summed E-state index contributed by atoms with van der Waals surface area (Å²) >= 11 is 0. The van der Waals surface area contributed by atoms with Gasteiger partial charge in [-0.25, -0.2) is 0 Å². The molecule has 1 saturated heterocycles. The molecular weight excluding hydrogens is 188 g/mol. The van der Waals surface area contributed by atoms with Gasteiger partial charge in [0.2, 0.25) is 0 Å². The number of ether oxygens (including phenoxy) is 1. The first-order chi connectivity index (χ1) is 7.07. The quantitative estimate of drug-likeness (QED) is 0.703. The maximum atomic E-state index is 10.3. The molecule has 0 aromatic rings. The van der Waals surface area contributed by atoms with E-state index in [2.05, 4.69) is 19.7 Å². The van der Waals surface area contributed by atoms with Gasteiger partial charge in [0, 0.05) is 5.92 Å². The maximum absolute atomic E-state index is 10.3. The molecule has 0 saturated carbocycles. The lowest BCUT2D eigenvalue weighted by Crippen LogP contribution is -2.40. The normalized spacial score (nSPS) is 28.7. The fourth-order valence-electron chi connectivity index (χ4n) is 2.14. The van der Waals surface area contributed by atoms with Crippen LogP contribution in [0.3, 0.4) is 0 Å². The SMILES string of the molecule is C=CCC1(CC=C)OC[C@@H](C(=C)C)[C@H]1O. The summed E-state index contributed by atoms with van der Waals surface area (Å²) < 4.78 is 5.75. The van der Waals surface area contributed by atoms with Gasteiger partial charge in [0.1, 0.15) is 5.60 Å². The lowest BCUT2D eigenvalue weighted by Gasteiger charge is -2.30. The fourth-order valence-corrected chi connectivity index (χ4v) is 2.14. The highest BCUT2D eigenvalue weighted by Crippen LogP contribution is 2.39. The van der Waals surface area contributed by atoms with E-state index < -0.39 is 11.7 Å². The fraction of sp³-hybridized carbons (Fsp3) is 0.538. The molecule has 2 heteroatoms. The van der Waals surface area contributed by atoms with Crippen molar-refractivity contribution in [3.63, 3.8) is 0 Å². The van der Waals surface area contributed by atoms with Gasteiger partial charge in [-0.2, -0.15) is 0 Å². The Labute approximate surface area is 92.0 Å². The summed E-state index contributed by atoms with van der Waals surface area (Å²) in [5.41, 5.74) is 0.435. The van der Waals surface area contributed by atoms with Crippen LogP contribution in [-0.2, 0) is 4.74 Å². The molecule has 0 aliphatic carbocycles. The van der Waals surface area contributed by atoms with E-state index in [1.165, 1.54) is 0 Å². The molecule has 0 bridgehead atoms. The van der Waals surface area contributed by atoms with Crippen molar-refractivity contribution in [2.75, 3.05) is 6.61 Å². The summed E-state index contributed by atoms with van der Waals surface area (Å²) in [6.07, 6.45) is 4.35. The Hall–Kier alpha value is -0.860. The Kier molecular flexibility index (Phi) is 3.89. The van der Waals surface area contributed by atoms with Crippen LogP contribution in [0.5, 0.6) is 0 Å². The minimum absolute atomic E-state index is 0.0323. The van der Waals surface area contributed by atoms with Gasteiger partial charge in [0.15, 0.2) is 0 Å². The van der Waals surface area contributed by atoms with Gasteiger partial charge in [-0.1, -0.05) is 24.3 Å². The van der Waals surface area contributed by atoms with Crippen molar-refractivity contribution in [1.29, 1.82) is 0 Å². The molecule has 0 aromatic heterocycles. The van der Waals surface area contributed by atoms with Gasteiger partial charge in [-0.15, -0.1) is 13.2 Å². The first kappa shape index (κ1) is 12.2. The van der Waals surface area contributed by atoms with E-state index in [-0.39, 0.29) is 5.92 Å². The smallest absolute Gasteiger partial charge is 0.101 e. The van der Waals surface area contributed by atoms with Crippen molar-refractivity contribution in [3.8, 4) is 0 Å². The van der Waals surface area contributed by atoms with Gasteiger partial charge >= 0.3 is 0 Å². The standard InChI is InChI=1S/C13H20O2/c1-5-7-13(8-6-2)12(14)11(9-15-13)10(3)4/h5-6,11-12,14H,1-3,7-9H2,4H3/t11-,12+/m0/s1. The number of aliphatic hydroxyl groups excluding tert-OH is 1. The third-order valence-corrected chi connectivity index (χ3v) is 3.08. The first-order valence-electron chi connectivity index (χ1n) is 5.26. The van der Waals surface area contributed by atoms with Gasteiger partial charge < -0.3 is 9.84 Å². The number of hydrogen-bond acceptors (Lipinski definition) is 2. The third-order valence-electron chi connectivity index (χ3n) is 3.08. The second-order valence-corrected chi connectivity index (χ2v) is 4.26. The molecule has 2 atom stereocenters. The van der Waals surface area contributed by atoms with E-state index in [1.807, 2.05) is 6.92 Å². The summed E-state index contributed by atoms with van der Waals surface area (Å²) in [6.45, 7) is 13.8. The zero-order chi connectivity index (χ0) is 11.5. The van der Waals surface area contributed by atoms with Crippen LogP contribution in [0.25, 0.3) is 0 Å². The highest BCUT2D eigenvalue weighted by atomic mass is 16.5. The predicted molar refractivity (Wildman–Crippen MR) is 62.6 cm³/mol. The van der Waals surface area contributed by atoms with Crippen molar-refractivity contribution >= 4 is 0 Å². The Morgan fingerprint density at radius 1 is 1.47 bits per heavy atom. The van der Waals surface area contributed by atoms with E-state index in [4.69, 9.17) is 4.74 Å². The van der Waals surface area contributed by atoms with E-state index in [1.54, 1.807) is 12.2 Å². The predicted octanol–water partition coefficient (Wildman–Crippen LogP) is 2.46. The van der Waals surface area contributed by atoms with Crippen molar-refractivity contribution in [2.24, 2.45) is 5.92 Å². The lowest BCUT2D eigenvalue weighted by atomic mass is 9.83. The summed E-state index contributed by atoms with van der Waals surface area (Å²) in [5.74, 6) is 0.0323. The largest absolute Gasteiger partial charge is 0.389 e. The maximum Gasteiger partial charge on any atom is 0.101 e. The topological polar surface area (TPSA) is 29.5 Å². The van der Waals surface area contributed by atoms with Gasteiger partial charge in [0.05, 0.1) is 12.7 Å². The zero-order valence-electron chi connectivity index (χ0n) is 9.41. The van der Waals surface area contributed by atoms with Crippen molar-refractivity contribution < 1.29 is 9.84 Å². The van der Waals surface area contributed by atoms with Crippen LogP contribution in [0.1, 0.15) is 19.8 Å². The summed E-state index contributed by atoms with van der Waals surface area (Å²) in [5, 5.41) is 10.3. The molecular formula is C13H20O2. The minimum Gasteiger partial charge on any atom is -0.389 e. The van der Waals surface area contributed by atoms with Gasteiger partial charge in [-0.05, 0) is 19.8 Å². The van der Waals surface area contributed by atoms with Crippen LogP contribution in [-0.4, -0.2) is 23.4 Å². The molecule has 1 rings (SSSR count). The van der Waals surface area contributed by atoms with E-state index >= 15 is 0 Å².